The predicted molar refractivity (Wildman–Crippen MR) is 80.1 cm³/mol. The van der Waals surface area contributed by atoms with Gasteiger partial charge in [-0.1, -0.05) is 23.8 Å². The molecule has 6 heteroatoms. The Morgan fingerprint density at radius 3 is 2.39 bits per heavy atom. The summed E-state index contributed by atoms with van der Waals surface area (Å²) in [6.45, 7) is 1.70. The fourth-order valence-electron chi connectivity index (χ4n) is 2.11. The molecule has 0 aliphatic carbocycles. The quantitative estimate of drug-likeness (QED) is 0.890. The molecule has 0 radical (unpaired) electrons. The molecule has 1 amide bonds. The highest BCUT2D eigenvalue weighted by molar-refractivity contribution is 5.97. The molecule has 0 unspecified atom stereocenters. The van der Waals surface area contributed by atoms with E-state index in [1.165, 1.54) is 36.4 Å². The third kappa shape index (κ3) is 4.35. The van der Waals surface area contributed by atoms with E-state index in [2.05, 4.69) is 5.32 Å². The Morgan fingerprint density at radius 1 is 1.13 bits per heavy atom. The van der Waals surface area contributed by atoms with Crippen molar-refractivity contribution in [2.24, 2.45) is 0 Å². The van der Waals surface area contributed by atoms with E-state index in [9.17, 15) is 23.5 Å². The van der Waals surface area contributed by atoms with Crippen LogP contribution in [0.3, 0.4) is 0 Å². The molecule has 2 rings (SSSR count). The number of carboxylic acid groups (broad SMARTS) is 1. The summed E-state index contributed by atoms with van der Waals surface area (Å²) in [6.07, 6.45) is -0.0329. The van der Waals surface area contributed by atoms with E-state index in [0.29, 0.717) is 11.1 Å². The Bertz CT molecular complexity index is 729. The monoisotopic (exact) mass is 319 g/mol. The van der Waals surface area contributed by atoms with Crippen LogP contribution in [0.2, 0.25) is 0 Å². The number of hydrogen-bond donors (Lipinski definition) is 2. The smallest absolute Gasteiger partial charge is 0.326 e. The van der Waals surface area contributed by atoms with Crippen LogP contribution in [0.25, 0.3) is 0 Å². The maximum absolute atomic E-state index is 13.7. The minimum absolute atomic E-state index is 0.0329. The van der Waals surface area contributed by atoms with E-state index in [-0.39, 0.29) is 12.0 Å². The lowest BCUT2D eigenvalue weighted by molar-refractivity contribution is -0.139. The first-order chi connectivity index (χ1) is 10.9. The van der Waals surface area contributed by atoms with Crippen molar-refractivity contribution in [3.63, 3.8) is 0 Å². The van der Waals surface area contributed by atoms with Gasteiger partial charge in [0.25, 0.3) is 5.91 Å². The fourth-order valence-corrected chi connectivity index (χ4v) is 2.11. The van der Waals surface area contributed by atoms with Gasteiger partial charge in [-0.2, -0.15) is 0 Å². The van der Waals surface area contributed by atoms with Gasteiger partial charge in [-0.05, 0) is 36.8 Å². The highest BCUT2D eigenvalue weighted by Gasteiger charge is 2.22. The molecule has 23 heavy (non-hydrogen) atoms. The number of aryl methyl sites for hydroxylation is 1. The summed E-state index contributed by atoms with van der Waals surface area (Å²) >= 11 is 0. The van der Waals surface area contributed by atoms with Crippen LogP contribution in [0, 0.1) is 18.6 Å². The van der Waals surface area contributed by atoms with Crippen LogP contribution in [0.4, 0.5) is 8.78 Å². The van der Waals surface area contributed by atoms with E-state index in [1.807, 2.05) is 0 Å². The molecule has 2 aromatic rings. The van der Waals surface area contributed by atoms with Crippen molar-refractivity contribution in [1.29, 1.82) is 0 Å². The first-order valence-electron chi connectivity index (χ1n) is 6.91. The molecule has 0 spiro atoms. The number of rotatable bonds is 5. The summed E-state index contributed by atoms with van der Waals surface area (Å²) in [4.78, 5) is 23.4. The van der Waals surface area contributed by atoms with Gasteiger partial charge in [0, 0.05) is 6.42 Å². The second kappa shape index (κ2) is 7.00. The number of hydrogen-bond acceptors (Lipinski definition) is 2. The number of carboxylic acids is 1. The summed E-state index contributed by atoms with van der Waals surface area (Å²) in [7, 11) is 0. The normalized spacial score (nSPS) is 11.8. The topological polar surface area (TPSA) is 66.4 Å². The summed E-state index contributed by atoms with van der Waals surface area (Å²) in [5.74, 6) is -3.22. The molecular weight excluding hydrogens is 304 g/mol. The van der Waals surface area contributed by atoms with E-state index in [0.717, 1.165) is 6.07 Å². The molecule has 1 atom stereocenters. The number of benzene rings is 2. The van der Waals surface area contributed by atoms with Gasteiger partial charge in [-0.3, -0.25) is 4.79 Å². The minimum Gasteiger partial charge on any atom is -0.480 e. The Balaban J connectivity index is 2.15. The molecule has 0 aromatic heterocycles. The van der Waals surface area contributed by atoms with Gasteiger partial charge in [0.15, 0.2) is 0 Å². The van der Waals surface area contributed by atoms with Crippen molar-refractivity contribution >= 4 is 11.9 Å². The Hall–Kier alpha value is -2.76. The molecule has 4 nitrogen and oxygen atoms in total. The summed E-state index contributed by atoms with van der Waals surface area (Å²) < 4.78 is 26.6. The van der Waals surface area contributed by atoms with Gasteiger partial charge < -0.3 is 10.4 Å². The van der Waals surface area contributed by atoms with Gasteiger partial charge in [-0.15, -0.1) is 0 Å². The van der Waals surface area contributed by atoms with Gasteiger partial charge in [0.05, 0.1) is 5.56 Å². The molecule has 0 bridgehead atoms. The third-order valence-electron chi connectivity index (χ3n) is 3.32. The standard InChI is InChI=1S/C17H15F2NO3/c1-10-2-7-14(19)13(8-10)16(21)20-15(17(22)23)9-11-3-5-12(18)6-4-11/h2-8,15H,9H2,1H3,(H,20,21)(H,22,23)/t15-/m0/s1. The van der Waals surface area contributed by atoms with Crippen molar-refractivity contribution in [1.82, 2.24) is 5.32 Å². The third-order valence-corrected chi connectivity index (χ3v) is 3.32. The van der Waals surface area contributed by atoms with Crippen molar-refractivity contribution in [3.05, 3.63) is 70.8 Å². The highest BCUT2D eigenvalue weighted by atomic mass is 19.1. The molecule has 0 saturated carbocycles. The van der Waals surface area contributed by atoms with E-state index in [1.54, 1.807) is 6.92 Å². The Kier molecular flexibility index (Phi) is 5.05. The zero-order chi connectivity index (χ0) is 17.0. The van der Waals surface area contributed by atoms with Crippen molar-refractivity contribution in [2.75, 3.05) is 0 Å². The lowest BCUT2D eigenvalue weighted by Gasteiger charge is -2.15. The number of carbonyl (C=O) groups excluding carboxylic acids is 1. The Morgan fingerprint density at radius 2 is 1.78 bits per heavy atom. The average Bonchev–Trinajstić information content (AvgIpc) is 2.51. The second-order valence-corrected chi connectivity index (χ2v) is 5.18. The predicted octanol–water partition coefficient (Wildman–Crippen LogP) is 2.70. The average molecular weight is 319 g/mol. The molecule has 2 aromatic carbocycles. The van der Waals surface area contributed by atoms with Crippen molar-refractivity contribution in [2.45, 2.75) is 19.4 Å². The number of carbonyl (C=O) groups is 2. The first-order valence-corrected chi connectivity index (χ1v) is 6.91. The summed E-state index contributed by atoms with van der Waals surface area (Å²) in [6, 6.07) is 8.05. The van der Waals surface area contributed by atoms with Crippen LogP contribution in [0.15, 0.2) is 42.5 Å². The summed E-state index contributed by atoms with van der Waals surface area (Å²) in [5.41, 5.74) is 1.01. The maximum Gasteiger partial charge on any atom is 0.326 e. The molecule has 0 heterocycles. The van der Waals surface area contributed by atoms with Gasteiger partial charge >= 0.3 is 5.97 Å². The van der Waals surface area contributed by atoms with Crippen LogP contribution in [0.5, 0.6) is 0 Å². The number of halogens is 2. The van der Waals surface area contributed by atoms with Crippen LogP contribution < -0.4 is 5.32 Å². The molecule has 2 N–H and O–H groups in total. The van der Waals surface area contributed by atoms with Crippen LogP contribution >= 0.6 is 0 Å². The van der Waals surface area contributed by atoms with Crippen LogP contribution in [-0.4, -0.2) is 23.0 Å². The molecule has 0 fully saturated rings. The Labute approximate surface area is 131 Å². The molecule has 0 saturated heterocycles. The second-order valence-electron chi connectivity index (χ2n) is 5.18. The first kappa shape index (κ1) is 16.6. The summed E-state index contributed by atoms with van der Waals surface area (Å²) in [5, 5.41) is 11.5. The largest absolute Gasteiger partial charge is 0.480 e. The molecule has 0 aliphatic heterocycles. The molecular formula is C17H15F2NO3. The van der Waals surface area contributed by atoms with E-state index in [4.69, 9.17) is 0 Å². The highest BCUT2D eigenvalue weighted by Crippen LogP contribution is 2.11. The SMILES string of the molecule is Cc1ccc(F)c(C(=O)N[C@@H](Cc2ccc(F)cc2)C(=O)O)c1. The zero-order valence-corrected chi connectivity index (χ0v) is 12.3. The lowest BCUT2D eigenvalue weighted by atomic mass is 10.0. The number of nitrogens with one attached hydrogen (secondary N) is 1. The maximum atomic E-state index is 13.7. The van der Waals surface area contributed by atoms with Crippen molar-refractivity contribution in [3.8, 4) is 0 Å². The van der Waals surface area contributed by atoms with E-state index >= 15 is 0 Å². The fraction of sp³-hybridized carbons (Fsp3) is 0.176. The lowest BCUT2D eigenvalue weighted by Crippen LogP contribution is -2.42. The van der Waals surface area contributed by atoms with Crippen molar-refractivity contribution < 1.29 is 23.5 Å². The number of aliphatic carboxylic acids is 1. The van der Waals surface area contributed by atoms with Crippen LogP contribution in [-0.2, 0) is 11.2 Å². The van der Waals surface area contributed by atoms with E-state index < -0.39 is 29.6 Å². The van der Waals surface area contributed by atoms with Gasteiger partial charge in [0.1, 0.15) is 17.7 Å². The zero-order valence-electron chi connectivity index (χ0n) is 12.3. The van der Waals surface area contributed by atoms with Crippen LogP contribution in [0.1, 0.15) is 21.5 Å². The van der Waals surface area contributed by atoms with Gasteiger partial charge in [0.2, 0.25) is 0 Å². The number of amides is 1. The van der Waals surface area contributed by atoms with Gasteiger partial charge in [-0.25, -0.2) is 13.6 Å². The minimum atomic E-state index is -1.25. The molecule has 0 aliphatic rings. The molecule has 120 valence electrons.